The third-order valence-electron chi connectivity index (χ3n) is 3.67. The number of carbonyl (C=O) groups is 2. The van der Waals surface area contributed by atoms with Gasteiger partial charge >= 0.3 is 5.97 Å². The first-order valence-corrected chi connectivity index (χ1v) is 7.32. The zero-order chi connectivity index (χ0) is 15.2. The lowest BCUT2D eigenvalue weighted by atomic mass is 10.1. The molecule has 0 bridgehead atoms. The lowest BCUT2D eigenvalue weighted by Gasteiger charge is -2.11. The number of nitrogens with one attached hydrogen (secondary N) is 1. The molecule has 0 heterocycles. The van der Waals surface area contributed by atoms with Gasteiger partial charge in [0.2, 0.25) is 5.91 Å². The molecule has 21 heavy (non-hydrogen) atoms. The first kappa shape index (κ1) is 15.4. The van der Waals surface area contributed by atoms with Crippen LogP contribution >= 0.6 is 0 Å². The van der Waals surface area contributed by atoms with Crippen LogP contribution in [0.1, 0.15) is 32.6 Å². The van der Waals surface area contributed by atoms with E-state index in [0.29, 0.717) is 24.7 Å². The van der Waals surface area contributed by atoms with Gasteiger partial charge in [-0.05, 0) is 49.4 Å². The average Bonchev–Trinajstić information content (AvgIpc) is 3.29. The van der Waals surface area contributed by atoms with Crippen molar-refractivity contribution >= 4 is 17.6 Å². The highest BCUT2D eigenvalue weighted by Crippen LogP contribution is 2.37. The number of hydrogen-bond donors (Lipinski definition) is 2. The lowest BCUT2D eigenvalue weighted by molar-refractivity contribution is -0.137. The van der Waals surface area contributed by atoms with E-state index < -0.39 is 5.97 Å². The number of aliphatic carboxylic acids is 1. The second kappa shape index (κ2) is 7.11. The molecule has 2 N–H and O–H groups in total. The summed E-state index contributed by atoms with van der Waals surface area (Å²) >= 11 is 0. The van der Waals surface area contributed by atoms with E-state index in [1.54, 1.807) is 24.3 Å². The van der Waals surface area contributed by atoms with Crippen LogP contribution in [0, 0.1) is 11.8 Å². The van der Waals surface area contributed by atoms with Gasteiger partial charge in [-0.3, -0.25) is 9.59 Å². The molecule has 0 radical (unpaired) electrons. The Morgan fingerprint density at radius 1 is 1.33 bits per heavy atom. The molecule has 1 fully saturated rings. The largest absolute Gasteiger partial charge is 0.494 e. The molecule has 1 aromatic carbocycles. The molecule has 1 amide bonds. The zero-order valence-electron chi connectivity index (χ0n) is 12.2. The van der Waals surface area contributed by atoms with E-state index in [1.165, 1.54) is 0 Å². The molecule has 1 unspecified atom stereocenters. The third kappa shape index (κ3) is 5.10. The molecular weight excluding hydrogens is 270 g/mol. The van der Waals surface area contributed by atoms with Gasteiger partial charge in [-0.15, -0.1) is 0 Å². The first-order valence-electron chi connectivity index (χ1n) is 7.32. The number of benzene rings is 1. The Balaban J connectivity index is 1.75. The van der Waals surface area contributed by atoms with Crippen molar-refractivity contribution in [3.63, 3.8) is 0 Å². The normalized spacial score (nSPS) is 15.3. The molecule has 1 aliphatic carbocycles. The van der Waals surface area contributed by atoms with Crippen LogP contribution in [0.3, 0.4) is 0 Å². The Kier molecular flexibility index (Phi) is 5.20. The van der Waals surface area contributed by atoms with Crippen molar-refractivity contribution in [3.05, 3.63) is 24.3 Å². The molecule has 0 saturated heterocycles. The topological polar surface area (TPSA) is 75.6 Å². The van der Waals surface area contributed by atoms with Crippen LogP contribution in [0.25, 0.3) is 0 Å². The maximum Gasteiger partial charge on any atom is 0.303 e. The zero-order valence-corrected chi connectivity index (χ0v) is 12.2. The molecule has 0 spiro atoms. The number of hydrogen-bond acceptors (Lipinski definition) is 3. The summed E-state index contributed by atoms with van der Waals surface area (Å²) in [6.45, 7) is 2.34. The Morgan fingerprint density at radius 3 is 2.57 bits per heavy atom. The highest BCUT2D eigenvalue weighted by Gasteiger charge is 2.32. The summed E-state index contributed by atoms with van der Waals surface area (Å²) in [6.07, 6.45) is 2.88. The maximum absolute atomic E-state index is 12.0. The number of carboxylic acids is 1. The summed E-state index contributed by atoms with van der Waals surface area (Å²) in [5.41, 5.74) is 0.755. The van der Waals surface area contributed by atoms with Gasteiger partial charge in [0.25, 0.3) is 0 Å². The molecule has 1 aliphatic rings. The van der Waals surface area contributed by atoms with Crippen LogP contribution < -0.4 is 10.1 Å². The summed E-state index contributed by atoms with van der Waals surface area (Å²) in [6, 6.07) is 7.14. The second-order valence-electron chi connectivity index (χ2n) is 5.49. The van der Waals surface area contributed by atoms with Crippen molar-refractivity contribution in [2.75, 3.05) is 11.9 Å². The van der Waals surface area contributed by atoms with E-state index in [0.717, 1.165) is 18.5 Å². The molecule has 5 nitrogen and oxygen atoms in total. The van der Waals surface area contributed by atoms with Gasteiger partial charge in [0.15, 0.2) is 0 Å². The minimum atomic E-state index is -0.818. The fourth-order valence-corrected chi connectivity index (χ4v) is 2.11. The van der Waals surface area contributed by atoms with Crippen molar-refractivity contribution in [1.82, 2.24) is 0 Å². The number of amides is 1. The third-order valence-corrected chi connectivity index (χ3v) is 3.67. The van der Waals surface area contributed by atoms with Crippen LogP contribution in [0.15, 0.2) is 24.3 Å². The fraction of sp³-hybridized carbons (Fsp3) is 0.500. The van der Waals surface area contributed by atoms with Gasteiger partial charge in [-0.25, -0.2) is 0 Å². The Labute approximate surface area is 124 Å². The number of rotatable bonds is 8. The predicted octanol–water partition coefficient (Wildman–Crippen LogP) is 2.91. The molecule has 1 saturated carbocycles. The summed E-state index contributed by atoms with van der Waals surface area (Å²) in [4.78, 5) is 22.3. The predicted molar refractivity (Wildman–Crippen MR) is 79.3 cm³/mol. The fourth-order valence-electron chi connectivity index (χ4n) is 2.11. The number of carboxylic acid groups (broad SMARTS) is 1. The molecule has 0 aliphatic heterocycles. The van der Waals surface area contributed by atoms with Crippen LogP contribution in [0.2, 0.25) is 0 Å². The van der Waals surface area contributed by atoms with Gasteiger partial charge in [-0.1, -0.05) is 6.92 Å². The first-order chi connectivity index (χ1) is 10.1. The van der Waals surface area contributed by atoms with E-state index in [-0.39, 0.29) is 18.2 Å². The van der Waals surface area contributed by atoms with Crippen molar-refractivity contribution < 1.29 is 19.4 Å². The van der Waals surface area contributed by atoms with Crippen LogP contribution in [0.4, 0.5) is 5.69 Å². The number of ether oxygens (including phenoxy) is 1. The van der Waals surface area contributed by atoms with Gasteiger partial charge in [-0.2, -0.15) is 0 Å². The van der Waals surface area contributed by atoms with Crippen molar-refractivity contribution in [1.29, 1.82) is 0 Å². The van der Waals surface area contributed by atoms with Gasteiger partial charge in [0.05, 0.1) is 6.61 Å². The van der Waals surface area contributed by atoms with E-state index in [1.807, 2.05) is 6.92 Å². The Hall–Kier alpha value is -2.04. The molecular formula is C16H21NO4. The highest BCUT2D eigenvalue weighted by atomic mass is 16.5. The van der Waals surface area contributed by atoms with E-state index in [9.17, 15) is 9.59 Å². The Bertz CT molecular complexity index is 494. The molecule has 5 heteroatoms. The van der Waals surface area contributed by atoms with Crippen LogP contribution in [-0.4, -0.2) is 23.6 Å². The van der Waals surface area contributed by atoms with Crippen molar-refractivity contribution in [2.24, 2.45) is 11.8 Å². The minimum absolute atomic E-state index is 0.0626. The van der Waals surface area contributed by atoms with Crippen LogP contribution in [-0.2, 0) is 9.59 Å². The van der Waals surface area contributed by atoms with E-state index in [4.69, 9.17) is 9.84 Å². The minimum Gasteiger partial charge on any atom is -0.494 e. The summed E-state index contributed by atoms with van der Waals surface area (Å²) in [5.74, 6) is 0.529. The standard InChI is InChI=1S/C16H21NO4/c1-11(12-4-5-12)16(20)17-13-6-8-14(9-7-13)21-10-2-3-15(18)19/h6-9,11-12H,2-5,10H2,1H3,(H,17,20)(H,18,19). The van der Waals surface area contributed by atoms with Gasteiger partial charge < -0.3 is 15.2 Å². The Morgan fingerprint density at radius 2 is 2.00 bits per heavy atom. The molecule has 114 valence electrons. The smallest absolute Gasteiger partial charge is 0.303 e. The monoisotopic (exact) mass is 291 g/mol. The SMILES string of the molecule is CC(C(=O)Nc1ccc(OCCCC(=O)O)cc1)C1CC1. The lowest BCUT2D eigenvalue weighted by Crippen LogP contribution is -2.21. The molecule has 2 rings (SSSR count). The molecule has 1 aromatic rings. The van der Waals surface area contributed by atoms with Gasteiger partial charge in [0.1, 0.15) is 5.75 Å². The van der Waals surface area contributed by atoms with E-state index in [2.05, 4.69) is 5.32 Å². The molecule has 1 atom stereocenters. The van der Waals surface area contributed by atoms with E-state index >= 15 is 0 Å². The van der Waals surface area contributed by atoms with Gasteiger partial charge in [0, 0.05) is 18.0 Å². The summed E-state index contributed by atoms with van der Waals surface area (Å²) in [5, 5.41) is 11.4. The highest BCUT2D eigenvalue weighted by molar-refractivity contribution is 5.92. The average molecular weight is 291 g/mol. The quantitative estimate of drug-likeness (QED) is 0.722. The number of anilines is 1. The number of carbonyl (C=O) groups excluding carboxylic acids is 1. The maximum atomic E-state index is 12.0. The molecule has 0 aromatic heterocycles. The summed E-state index contributed by atoms with van der Waals surface area (Å²) < 4.78 is 5.44. The second-order valence-corrected chi connectivity index (χ2v) is 5.49. The van der Waals surface area contributed by atoms with Crippen molar-refractivity contribution in [3.8, 4) is 5.75 Å². The van der Waals surface area contributed by atoms with Crippen molar-refractivity contribution in [2.45, 2.75) is 32.6 Å². The summed E-state index contributed by atoms with van der Waals surface area (Å²) in [7, 11) is 0. The van der Waals surface area contributed by atoms with Crippen LogP contribution in [0.5, 0.6) is 5.75 Å².